The lowest BCUT2D eigenvalue weighted by Gasteiger charge is -2.05. The number of hydrogen-bond donors (Lipinski definition) is 5. The molecule has 0 saturated carbocycles. The Kier molecular flexibility index (Phi) is 4.74. The van der Waals surface area contributed by atoms with Crippen LogP contribution in [0.5, 0.6) is 11.5 Å². The van der Waals surface area contributed by atoms with Gasteiger partial charge in [0.1, 0.15) is 11.6 Å². The molecule has 0 radical (unpaired) electrons. The van der Waals surface area contributed by atoms with Gasteiger partial charge >= 0.3 is 0 Å². The standard InChI is InChI=1S/C12H13N3O4/c13-6-8(12(19)15-1-2-16)3-7-4-9(14)11(18)10(17)5-7/h3-5,16-18H,1-2,14H2,(H,15,19)/b8-3+. The number of rotatable bonds is 4. The molecule has 1 rings (SSSR count). The summed E-state index contributed by atoms with van der Waals surface area (Å²) < 4.78 is 0. The molecular formula is C12H13N3O4. The summed E-state index contributed by atoms with van der Waals surface area (Å²) in [4.78, 5) is 11.5. The van der Waals surface area contributed by atoms with E-state index in [-0.39, 0.29) is 24.4 Å². The second kappa shape index (κ2) is 6.28. The first-order valence-corrected chi connectivity index (χ1v) is 5.32. The van der Waals surface area contributed by atoms with Crippen molar-refractivity contribution in [2.75, 3.05) is 18.9 Å². The number of nitrogen functional groups attached to an aromatic ring is 1. The Labute approximate surface area is 109 Å². The van der Waals surface area contributed by atoms with Crippen molar-refractivity contribution >= 4 is 17.7 Å². The van der Waals surface area contributed by atoms with E-state index in [1.807, 2.05) is 0 Å². The van der Waals surface area contributed by atoms with Crippen molar-refractivity contribution in [1.82, 2.24) is 5.32 Å². The number of aliphatic hydroxyl groups is 1. The van der Waals surface area contributed by atoms with Gasteiger partial charge in [-0.05, 0) is 23.8 Å². The maximum Gasteiger partial charge on any atom is 0.262 e. The predicted octanol–water partition coefficient (Wildman–Crippen LogP) is -0.305. The molecule has 0 aliphatic rings. The van der Waals surface area contributed by atoms with E-state index in [1.54, 1.807) is 6.07 Å². The molecule has 0 spiro atoms. The molecule has 0 heterocycles. The number of phenols is 2. The zero-order chi connectivity index (χ0) is 14.4. The van der Waals surface area contributed by atoms with Crippen LogP contribution in [0.3, 0.4) is 0 Å². The molecular weight excluding hydrogens is 250 g/mol. The topological polar surface area (TPSA) is 140 Å². The smallest absolute Gasteiger partial charge is 0.262 e. The fourth-order valence-electron chi connectivity index (χ4n) is 1.33. The number of nitrogens with one attached hydrogen (secondary N) is 1. The average Bonchev–Trinajstić information content (AvgIpc) is 2.39. The van der Waals surface area contributed by atoms with Gasteiger partial charge in [-0.25, -0.2) is 0 Å². The second-order valence-electron chi connectivity index (χ2n) is 3.63. The summed E-state index contributed by atoms with van der Waals surface area (Å²) in [6.45, 7) is -0.210. The number of aromatic hydroxyl groups is 2. The third-order valence-corrected chi connectivity index (χ3v) is 2.22. The highest BCUT2D eigenvalue weighted by Crippen LogP contribution is 2.32. The van der Waals surface area contributed by atoms with Crippen molar-refractivity contribution in [3.63, 3.8) is 0 Å². The van der Waals surface area contributed by atoms with Crippen LogP contribution < -0.4 is 11.1 Å². The van der Waals surface area contributed by atoms with E-state index in [9.17, 15) is 15.0 Å². The third kappa shape index (κ3) is 3.62. The number of carbonyl (C=O) groups excluding carboxylic acids is 1. The van der Waals surface area contributed by atoms with Crippen LogP contribution in [-0.2, 0) is 4.79 Å². The highest BCUT2D eigenvalue weighted by Gasteiger charge is 2.10. The quantitative estimate of drug-likeness (QED) is 0.218. The van der Waals surface area contributed by atoms with Crippen molar-refractivity contribution in [2.45, 2.75) is 0 Å². The Morgan fingerprint density at radius 2 is 2.16 bits per heavy atom. The average molecular weight is 263 g/mol. The zero-order valence-electron chi connectivity index (χ0n) is 9.92. The monoisotopic (exact) mass is 263 g/mol. The summed E-state index contributed by atoms with van der Waals surface area (Å²) >= 11 is 0. The summed E-state index contributed by atoms with van der Waals surface area (Å²) in [5, 5.41) is 38.4. The molecule has 19 heavy (non-hydrogen) atoms. The van der Waals surface area contributed by atoms with Crippen molar-refractivity contribution in [1.29, 1.82) is 5.26 Å². The summed E-state index contributed by atoms with van der Waals surface area (Å²) in [6.07, 6.45) is 1.21. The first kappa shape index (κ1) is 14.3. The van der Waals surface area contributed by atoms with Crippen LogP contribution in [0, 0.1) is 11.3 Å². The van der Waals surface area contributed by atoms with Gasteiger partial charge < -0.3 is 26.4 Å². The van der Waals surface area contributed by atoms with Crippen LogP contribution in [0.15, 0.2) is 17.7 Å². The van der Waals surface area contributed by atoms with Crippen molar-refractivity contribution in [3.8, 4) is 17.6 Å². The highest BCUT2D eigenvalue weighted by molar-refractivity contribution is 6.01. The number of carbonyl (C=O) groups is 1. The van der Waals surface area contributed by atoms with Crippen molar-refractivity contribution in [2.24, 2.45) is 0 Å². The Hall–Kier alpha value is -2.72. The van der Waals surface area contributed by atoms with Crippen LogP contribution in [-0.4, -0.2) is 34.4 Å². The molecule has 1 aromatic rings. The number of anilines is 1. The first-order valence-electron chi connectivity index (χ1n) is 5.32. The molecule has 0 fully saturated rings. The normalized spacial score (nSPS) is 10.8. The maximum atomic E-state index is 11.5. The maximum absolute atomic E-state index is 11.5. The number of benzene rings is 1. The zero-order valence-corrected chi connectivity index (χ0v) is 9.92. The van der Waals surface area contributed by atoms with Gasteiger partial charge in [-0.2, -0.15) is 5.26 Å². The largest absolute Gasteiger partial charge is 0.504 e. The van der Waals surface area contributed by atoms with Crippen LogP contribution in [0.4, 0.5) is 5.69 Å². The molecule has 0 unspecified atom stereocenters. The van der Waals surface area contributed by atoms with Crippen molar-refractivity contribution in [3.05, 3.63) is 23.3 Å². The molecule has 0 aliphatic carbocycles. The van der Waals surface area contributed by atoms with E-state index < -0.39 is 17.4 Å². The summed E-state index contributed by atoms with van der Waals surface area (Å²) in [5.41, 5.74) is 5.45. The van der Waals surface area contributed by atoms with Crippen LogP contribution in [0.2, 0.25) is 0 Å². The Morgan fingerprint density at radius 3 is 2.68 bits per heavy atom. The molecule has 0 saturated heterocycles. The SMILES string of the molecule is N#C/C(=C\c1cc(N)c(O)c(O)c1)C(=O)NCCO. The fraction of sp³-hybridized carbons (Fsp3) is 0.167. The summed E-state index contributed by atoms with van der Waals surface area (Å²) in [5.74, 6) is -1.55. The van der Waals surface area contributed by atoms with E-state index >= 15 is 0 Å². The van der Waals surface area contributed by atoms with Crippen molar-refractivity contribution < 1.29 is 20.1 Å². The Balaban J connectivity index is 3.05. The number of nitrogens with two attached hydrogens (primary N) is 1. The molecule has 7 heteroatoms. The summed E-state index contributed by atoms with van der Waals surface area (Å²) in [7, 11) is 0. The lowest BCUT2D eigenvalue weighted by Crippen LogP contribution is -2.27. The van der Waals surface area contributed by atoms with Gasteiger partial charge in [0.25, 0.3) is 5.91 Å². The van der Waals surface area contributed by atoms with Gasteiger partial charge in [0, 0.05) is 6.54 Å². The molecule has 0 bridgehead atoms. The van der Waals surface area contributed by atoms with E-state index in [0.717, 1.165) is 0 Å². The minimum atomic E-state index is -0.650. The van der Waals surface area contributed by atoms with Gasteiger partial charge in [0.05, 0.1) is 12.3 Å². The third-order valence-electron chi connectivity index (χ3n) is 2.22. The van der Waals surface area contributed by atoms with E-state index in [4.69, 9.17) is 16.1 Å². The minimum Gasteiger partial charge on any atom is -0.504 e. The highest BCUT2D eigenvalue weighted by atomic mass is 16.3. The fourth-order valence-corrected chi connectivity index (χ4v) is 1.33. The lowest BCUT2D eigenvalue weighted by molar-refractivity contribution is -0.117. The molecule has 0 aromatic heterocycles. The van der Waals surface area contributed by atoms with Gasteiger partial charge in [0.2, 0.25) is 0 Å². The van der Waals surface area contributed by atoms with Gasteiger partial charge in [-0.3, -0.25) is 4.79 Å². The van der Waals surface area contributed by atoms with E-state index in [1.165, 1.54) is 18.2 Å². The molecule has 1 aromatic carbocycles. The number of phenolic OH excluding ortho intramolecular Hbond substituents is 2. The Morgan fingerprint density at radius 1 is 1.47 bits per heavy atom. The Bertz CT molecular complexity index is 538. The van der Waals surface area contributed by atoms with E-state index in [0.29, 0.717) is 5.56 Å². The van der Waals surface area contributed by atoms with E-state index in [2.05, 4.69) is 5.32 Å². The molecule has 100 valence electrons. The number of hydrogen-bond acceptors (Lipinski definition) is 6. The second-order valence-corrected chi connectivity index (χ2v) is 3.63. The van der Waals surface area contributed by atoms with Crippen LogP contribution in [0.25, 0.3) is 6.08 Å². The molecule has 6 N–H and O–H groups in total. The number of amides is 1. The summed E-state index contributed by atoms with van der Waals surface area (Å²) in [6, 6.07) is 4.18. The van der Waals surface area contributed by atoms with Crippen LogP contribution >= 0.6 is 0 Å². The van der Waals surface area contributed by atoms with Gasteiger partial charge in [-0.15, -0.1) is 0 Å². The molecule has 7 nitrogen and oxygen atoms in total. The molecule has 1 amide bonds. The van der Waals surface area contributed by atoms with Gasteiger partial charge in [0.15, 0.2) is 11.5 Å². The predicted molar refractivity (Wildman–Crippen MR) is 67.9 cm³/mol. The molecule has 0 atom stereocenters. The van der Waals surface area contributed by atoms with Gasteiger partial charge in [-0.1, -0.05) is 0 Å². The minimum absolute atomic E-state index is 0.0286. The number of nitriles is 1. The van der Waals surface area contributed by atoms with Crippen LogP contribution in [0.1, 0.15) is 5.56 Å². The first-order chi connectivity index (χ1) is 8.99. The number of aliphatic hydroxyl groups excluding tert-OH is 1. The molecule has 0 aliphatic heterocycles. The lowest BCUT2D eigenvalue weighted by atomic mass is 10.1. The number of nitrogens with zero attached hydrogens (tertiary/aromatic N) is 1.